The van der Waals surface area contributed by atoms with E-state index in [-0.39, 0.29) is 6.29 Å². The molecule has 0 radical (unpaired) electrons. The SMILES string of the molecule is CC(C)Sc1cc(C#N)ccc1C1OCCCO1. The van der Waals surface area contributed by atoms with Gasteiger partial charge in [-0.25, -0.2) is 0 Å². The van der Waals surface area contributed by atoms with Crippen LogP contribution in [0.5, 0.6) is 0 Å². The van der Waals surface area contributed by atoms with Crippen LogP contribution < -0.4 is 0 Å². The van der Waals surface area contributed by atoms with E-state index in [0.717, 1.165) is 30.1 Å². The minimum absolute atomic E-state index is 0.284. The van der Waals surface area contributed by atoms with Crippen LogP contribution in [0, 0.1) is 11.3 Å². The van der Waals surface area contributed by atoms with E-state index < -0.39 is 0 Å². The number of hydrogen-bond donors (Lipinski definition) is 0. The van der Waals surface area contributed by atoms with Crippen LogP contribution in [-0.2, 0) is 9.47 Å². The number of ether oxygens (including phenoxy) is 2. The average Bonchev–Trinajstić information content (AvgIpc) is 2.39. The fourth-order valence-electron chi connectivity index (χ4n) is 1.82. The van der Waals surface area contributed by atoms with Crippen molar-refractivity contribution in [2.45, 2.75) is 36.7 Å². The number of benzene rings is 1. The summed E-state index contributed by atoms with van der Waals surface area (Å²) in [5, 5.41) is 9.44. The van der Waals surface area contributed by atoms with E-state index in [1.807, 2.05) is 18.2 Å². The van der Waals surface area contributed by atoms with Gasteiger partial charge in [0.15, 0.2) is 6.29 Å². The molecular formula is C14H17NO2S. The fraction of sp³-hybridized carbons (Fsp3) is 0.500. The molecule has 4 heteroatoms. The Morgan fingerprint density at radius 2 is 2.06 bits per heavy atom. The number of rotatable bonds is 3. The van der Waals surface area contributed by atoms with Gasteiger partial charge in [0, 0.05) is 15.7 Å². The van der Waals surface area contributed by atoms with E-state index >= 15 is 0 Å². The lowest BCUT2D eigenvalue weighted by Crippen LogP contribution is -2.18. The van der Waals surface area contributed by atoms with Crippen LogP contribution in [0.4, 0.5) is 0 Å². The first-order valence-electron chi connectivity index (χ1n) is 6.14. The summed E-state index contributed by atoms with van der Waals surface area (Å²) < 4.78 is 11.3. The molecule has 1 aliphatic heterocycles. The second kappa shape index (κ2) is 6.24. The highest BCUT2D eigenvalue weighted by molar-refractivity contribution is 8.00. The maximum atomic E-state index is 8.98. The number of nitrogens with zero attached hydrogens (tertiary/aromatic N) is 1. The first kappa shape index (κ1) is 13.4. The molecule has 1 fully saturated rings. The molecule has 0 amide bonds. The Morgan fingerprint density at radius 3 is 2.67 bits per heavy atom. The maximum absolute atomic E-state index is 8.98. The fourth-order valence-corrected chi connectivity index (χ4v) is 2.83. The third-order valence-corrected chi connectivity index (χ3v) is 3.67. The molecule has 18 heavy (non-hydrogen) atoms. The van der Waals surface area contributed by atoms with Gasteiger partial charge in [0.1, 0.15) is 0 Å². The molecular weight excluding hydrogens is 246 g/mol. The second-order valence-corrected chi connectivity index (χ2v) is 6.08. The normalized spacial score (nSPS) is 16.8. The summed E-state index contributed by atoms with van der Waals surface area (Å²) in [7, 11) is 0. The zero-order valence-corrected chi connectivity index (χ0v) is 11.5. The quantitative estimate of drug-likeness (QED) is 0.783. The third kappa shape index (κ3) is 3.26. The lowest BCUT2D eigenvalue weighted by atomic mass is 10.1. The summed E-state index contributed by atoms with van der Waals surface area (Å²) in [6.45, 7) is 5.74. The van der Waals surface area contributed by atoms with Gasteiger partial charge in [0.05, 0.1) is 24.8 Å². The van der Waals surface area contributed by atoms with Crippen molar-refractivity contribution < 1.29 is 9.47 Å². The largest absolute Gasteiger partial charge is 0.348 e. The van der Waals surface area contributed by atoms with E-state index in [4.69, 9.17) is 14.7 Å². The van der Waals surface area contributed by atoms with Crippen molar-refractivity contribution in [1.82, 2.24) is 0 Å². The minimum atomic E-state index is -0.284. The molecule has 0 saturated carbocycles. The molecule has 3 nitrogen and oxygen atoms in total. The highest BCUT2D eigenvalue weighted by atomic mass is 32.2. The van der Waals surface area contributed by atoms with E-state index in [2.05, 4.69) is 19.9 Å². The predicted molar refractivity (Wildman–Crippen MR) is 71.4 cm³/mol. The summed E-state index contributed by atoms with van der Waals surface area (Å²) in [4.78, 5) is 1.08. The van der Waals surface area contributed by atoms with Crippen LogP contribution in [-0.4, -0.2) is 18.5 Å². The smallest absolute Gasteiger partial charge is 0.184 e. The zero-order chi connectivity index (χ0) is 13.0. The Labute approximate surface area is 112 Å². The molecule has 1 heterocycles. The van der Waals surface area contributed by atoms with Gasteiger partial charge in [-0.2, -0.15) is 5.26 Å². The van der Waals surface area contributed by atoms with Gasteiger partial charge in [0.2, 0.25) is 0 Å². The molecule has 0 aliphatic carbocycles. The molecule has 0 unspecified atom stereocenters. The van der Waals surface area contributed by atoms with Crippen LogP contribution in [0.3, 0.4) is 0 Å². The summed E-state index contributed by atoms with van der Waals surface area (Å²) >= 11 is 1.74. The van der Waals surface area contributed by atoms with Gasteiger partial charge in [-0.15, -0.1) is 11.8 Å². The van der Waals surface area contributed by atoms with E-state index in [1.54, 1.807) is 11.8 Å². The molecule has 0 spiro atoms. The minimum Gasteiger partial charge on any atom is -0.348 e. The van der Waals surface area contributed by atoms with Crippen molar-refractivity contribution in [2.75, 3.05) is 13.2 Å². The summed E-state index contributed by atoms with van der Waals surface area (Å²) in [5.74, 6) is 0. The topological polar surface area (TPSA) is 42.2 Å². The summed E-state index contributed by atoms with van der Waals surface area (Å²) in [5.41, 5.74) is 1.71. The standard InChI is InChI=1S/C14H17NO2S/c1-10(2)18-13-8-11(9-15)4-5-12(13)14-16-6-3-7-17-14/h4-5,8,10,14H,3,6-7H2,1-2H3. The number of thioether (sulfide) groups is 1. The number of hydrogen-bond acceptors (Lipinski definition) is 4. The predicted octanol–water partition coefficient (Wildman–Crippen LogP) is 3.49. The molecule has 1 aromatic rings. The van der Waals surface area contributed by atoms with Gasteiger partial charge in [-0.3, -0.25) is 0 Å². The van der Waals surface area contributed by atoms with Gasteiger partial charge in [0.25, 0.3) is 0 Å². The Balaban J connectivity index is 2.29. The molecule has 1 aromatic carbocycles. The first-order chi connectivity index (χ1) is 8.70. The molecule has 0 bridgehead atoms. The average molecular weight is 263 g/mol. The van der Waals surface area contributed by atoms with Crippen LogP contribution >= 0.6 is 11.8 Å². The van der Waals surface area contributed by atoms with Crippen LogP contribution in [0.1, 0.15) is 37.7 Å². The lowest BCUT2D eigenvalue weighted by Gasteiger charge is -2.25. The first-order valence-corrected chi connectivity index (χ1v) is 7.02. The van der Waals surface area contributed by atoms with Crippen molar-refractivity contribution in [2.24, 2.45) is 0 Å². The highest BCUT2D eigenvalue weighted by Crippen LogP contribution is 2.34. The van der Waals surface area contributed by atoms with Crippen LogP contribution in [0.25, 0.3) is 0 Å². The molecule has 0 atom stereocenters. The number of nitriles is 1. The highest BCUT2D eigenvalue weighted by Gasteiger charge is 2.20. The Bertz CT molecular complexity index is 448. The van der Waals surface area contributed by atoms with E-state index in [1.165, 1.54) is 0 Å². The summed E-state index contributed by atoms with van der Waals surface area (Å²) in [6.07, 6.45) is 0.659. The monoisotopic (exact) mass is 263 g/mol. The molecule has 1 saturated heterocycles. The zero-order valence-electron chi connectivity index (χ0n) is 10.7. The van der Waals surface area contributed by atoms with Crippen molar-refractivity contribution in [3.8, 4) is 6.07 Å². The van der Waals surface area contributed by atoms with Gasteiger partial charge < -0.3 is 9.47 Å². The second-order valence-electron chi connectivity index (χ2n) is 4.46. The van der Waals surface area contributed by atoms with E-state index in [0.29, 0.717) is 10.8 Å². The molecule has 0 N–H and O–H groups in total. The Hall–Kier alpha value is -1.02. The van der Waals surface area contributed by atoms with Crippen molar-refractivity contribution >= 4 is 11.8 Å². The van der Waals surface area contributed by atoms with Gasteiger partial charge in [-0.05, 0) is 18.6 Å². The van der Waals surface area contributed by atoms with Gasteiger partial charge >= 0.3 is 0 Å². The summed E-state index contributed by atoms with van der Waals surface area (Å²) in [6, 6.07) is 7.86. The van der Waals surface area contributed by atoms with E-state index in [9.17, 15) is 0 Å². The molecule has 2 rings (SSSR count). The third-order valence-electron chi connectivity index (χ3n) is 2.59. The Morgan fingerprint density at radius 1 is 1.33 bits per heavy atom. The molecule has 96 valence electrons. The molecule has 1 aliphatic rings. The van der Waals surface area contributed by atoms with Gasteiger partial charge in [-0.1, -0.05) is 19.9 Å². The van der Waals surface area contributed by atoms with Crippen LogP contribution in [0.2, 0.25) is 0 Å². The molecule has 0 aromatic heterocycles. The van der Waals surface area contributed by atoms with Crippen molar-refractivity contribution in [3.05, 3.63) is 29.3 Å². The van der Waals surface area contributed by atoms with Crippen LogP contribution in [0.15, 0.2) is 23.1 Å². The lowest BCUT2D eigenvalue weighted by molar-refractivity contribution is -0.184. The maximum Gasteiger partial charge on any atom is 0.184 e. The van der Waals surface area contributed by atoms with Crippen molar-refractivity contribution in [1.29, 1.82) is 5.26 Å². The van der Waals surface area contributed by atoms with Crippen molar-refractivity contribution in [3.63, 3.8) is 0 Å². The Kier molecular flexibility index (Phi) is 4.65.